The summed E-state index contributed by atoms with van der Waals surface area (Å²) in [6.45, 7) is 1.85. The molecule has 134 valence electrons. The number of amides is 1. The van der Waals surface area contributed by atoms with Crippen molar-refractivity contribution in [3.05, 3.63) is 53.1 Å². The summed E-state index contributed by atoms with van der Waals surface area (Å²) in [4.78, 5) is 12.0. The third-order valence-electron chi connectivity index (χ3n) is 3.47. The van der Waals surface area contributed by atoms with Gasteiger partial charge in [-0.3, -0.25) is 4.79 Å². The van der Waals surface area contributed by atoms with E-state index in [0.29, 0.717) is 16.5 Å². The summed E-state index contributed by atoms with van der Waals surface area (Å²) in [5.74, 6) is 0.257. The molecule has 1 amide bonds. The Morgan fingerprint density at radius 1 is 1.16 bits per heavy atom. The molecule has 0 aliphatic carbocycles. The average molecular weight is 383 g/mol. The van der Waals surface area contributed by atoms with Gasteiger partial charge in [0.05, 0.1) is 12.0 Å². The molecule has 0 aromatic heterocycles. The topological polar surface area (TPSA) is 84.5 Å². The Kier molecular flexibility index (Phi) is 6.41. The minimum atomic E-state index is -3.67. The molecule has 2 aromatic carbocycles. The lowest BCUT2D eigenvalue weighted by molar-refractivity contribution is -0.116. The second kappa shape index (κ2) is 8.33. The average Bonchev–Trinajstić information content (AvgIpc) is 2.58. The molecule has 0 heterocycles. The van der Waals surface area contributed by atoms with Crippen molar-refractivity contribution < 1.29 is 17.9 Å². The fourth-order valence-electron chi connectivity index (χ4n) is 2.03. The van der Waals surface area contributed by atoms with E-state index in [2.05, 4.69) is 10.0 Å². The van der Waals surface area contributed by atoms with Crippen molar-refractivity contribution in [1.29, 1.82) is 0 Å². The number of ether oxygens (including phenoxy) is 1. The molecule has 0 radical (unpaired) electrons. The number of benzene rings is 2. The third-order valence-corrected chi connectivity index (χ3v) is 5.35. The van der Waals surface area contributed by atoms with Crippen LogP contribution < -0.4 is 14.8 Å². The number of nitrogens with one attached hydrogen (secondary N) is 2. The summed E-state index contributed by atoms with van der Waals surface area (Å²) in [6, 6.07) is 11.2. The fraction of sp³-hybridized carbons (Fsp3) is 0.235. The van der Waals surface area contributed by atoms with E-state index in [-0.39, 0.29) is 23.8 Å². The molecule has 0 spiro atoms. The monoisotopic (exact) mass is 382 g/mol. The van der Waals surface area contributed by atoms with Crippen LogP contribution in [0.3, 0.4) is 0 Å². The third kappa shape index (κ3) is 5.45. The molecule has 25 heavy (non-hydrogen) atoms. The predicted octanol–water partition coefficient (Wildman–Crippen LogP) is 2.96. The van der Waals surface area contributed by atoms with Gasteiger partial charge in [-0.15, -0.1) is 0 Å². The zero-order chi connectivity index (χ0) is 18.4. The number of aryl methyl sites for hydroxylation is 1. The number of anilines is 1. The summed E-state index contributed by atoms with van der Waals surface area (Å²) in [7, 11) is -2.17. The minimum Gasteiger partial charge on any atom is -0.497 e. The molecule has 0 unspecified atom stereocenters. The van der Waals surface area contributed by atoms with Crippen LogP contribution in [-0.4, -0.2) is 28.0 Å². The predicted molar refractivity (Wildman–Crippen MR) is 97.6 cm³/mol. The highest BCUT2D eigenvalue weighted by molar-refractivity contribution is 7.89. The number of methoxy groups -OCH3 is 1. The Morgan fingerprint density at radius 3 is 2.44 bits per heavy atom. The zero-order valence-corrected chi connectivity index (χ0v) is 15.4. The van der Waals surface area contributed by atoms with Crippen LogP contribution in [0.25, 0.3) is 0 Å². The zero-order valence-electron chi connectivity index (χ0n) is 13.9. The first-order valence-electron chi connectivity index (χ1n) is 7.51. The van der Waals surface area contributed by atoms with E-state index in [0.717, 1.165) is 5.56 Å². The van der Waals surface area contributed by atoms with Crippen LogP contribution in [-0.2, 0) is 14.8 Å². The highest BCUT2D eigenvalue weighted by Crippen LogP contribution is 2.20. The Hall–Kier alpha value is -2.09. The van der Waals surface area contributed by atoms with Gasteiger partial charge in [0.25, 0.3) is 0 Å². The Morgan fingerprint density at radius 2 is 1.84 bits per heavy atom. The van der Waals surface area contributed by atoms with Crippen molar-refractivity contribution in [2.45, 2.75) is 18.2 Å². The first-order valence-corrected chi connectivity index (χ1v) is 9.37. The van der Waals surface area contributed by atoms with Crippen LogP contribution in [0.15, 0.2) is 47.4 Å². The van der Waals surface area contributed by atoms with E-state index in [1.54, 1.807) is 30.3 Å². The highest BCUT2D eigenvalue weighted by atomic mass is 35.5. The van der Waals surface area contributed by atoms with E-state index in [9.17, 15) is 13.2 Å². The van der Waals surface area contributed by atoms with Gasteiger partial charge >= 0.3 is 0 Å². The van der Waals surface area contributed by atoms with Gasteiger partial charge in [0, 0.05) is 23.7 Å². The molecule has 0 saturated carbocycles. The second-order valence-corrected chi connectivity index (χ2v) is 7.51. The Balaban J connectivity index is 1.87. The van der Waals surface area contributed by atoms with Crippen molar-refractivity contribution in [2.24, 2.45) is 0 Å². The maximum atomic E-state index is 12.2. The first-order chi connectivity index (χ1) is 11.8. The van der Waals surface area contributed by atoms with E-state index < -0.39 is 10.0 Å². The van der Waals surface area contributed by atoms with Gasteiger partial charge in [0.1, 0.15) is 5.75 Å². The molecule has 0 atom stereocenters. The quantitative estimate of drug-likeness (QED) is 0.771. The summed E-state index contributed by atoms with van der Waals surface area (Å²) in [6.07, 6.45) is 0.000873. The van der Waals surface area contributed by atoms with Crippen molar-refractivity contribution >= 4 is 33.2 Å². The smallest absolute Gasteiger partial charge is 0.240 e. The SMILES string of the molecule is COc1ccc(S(=O)(=O)NCCC(=O)Nc2ccc(C)c(Cl)c2)cc1. The number of rotatable bonds is 7. The number of hydrogen-bond acceptors (Lipinski definition) is 4. The van der Waals surface area contributed by atoms with E-state index in [1.165, 1.54) is 19.2 Å². The van der Waals surface area contributed by atoms with Crippen LogP contribution in [0.2, 0.25) is 5.02 Å². The summed E-state index contributed by atoms with van der Waals surface area (Å²) >= 11 is 6.00. The normalized spacial score (nSPS) is 11.2. The van der Waals surface area contributed by atoms with Gasteiger partial charge in [-0.1, -0.05) is 17.7 Å². The number of hydrogen-bond donors (Lipinski definition) is 2. The number of sulfonamides is 1. The van der Waals surface area contributed by atoms with E-state index >= 15 is 0 Å². The van der Waals surface area contributed by atoms with Gasteiger partial charge in [-0.25, -0.2) is 13.1 Å². The van der Waals surface area contributed by atoms with Crippen LogP contribution in [0.4, 0.5) is 5.69 Å². The standard InChI is InChI=1S/C17H19ClN2O4S/c1-12-3-4-13(11-16(12)18)20-17(21)9-10-19-25(22,23)15-7-5-14(24-2)6-8-15/h3-8,11,19H,9-10H2,1-2H3,(H,20,21). The summed E-state index contributed by atoms with van der Waals surface area (Å²) in [5.41, 5.74) is 1.48. The van der Waals surface area contributed by atoms with Gasteiger partial charge in [0.15, 0.2) is 0 Å². The maximum Gasteiger partial charge on any atom is 0.240 e. The van der Waals surface area contributed by atoms with Crippen LogP contribution in [0.5, 0.6) is 5.75 Å². The van der Waals surface area contributed by atoms with E-state index in [1.807, 2.05) is 6.92 Å². The lowest BCUT2D eigenvalue weighted by atomic mass is 10.2. The fourth-order valence-corrected chi connectivity index (χ4v) is 3.24. The number of carbonyl (C=O) groups is 1. The van der Waals surface area contributed by atoms with Gasteiger partial charge in [-0.2, -0.15) is 0 Å². The summed E-state index contributed by atoms with van der Waals surface area (Å²) < 4.78 is 31.7. The first kappa shape index (κ1) is 19.2. The molecule has 6 nitrogen and oxygen atoms in total. The molecule has 0 bridgehead atoms. The molecule has 2 rings (SSSR count). The molecule has 2 aromatic rings. The molecular formula is C17H19ClN2O4S. The molecule has 0 aliphatic rings. The van der Waals surface area contributed by atoms with Crippen molar-refractivity contribution in [3.8, 4) is 5.75 Å². The Bertz CT molecular complexity index is 851. The molecule has 8 heteroatoms. The molecule has 2 N–H and O–H groups in total. The number of carbonyl (C=O) groups excluding carboxylic acids is 1. The van der Waals surface area contributed by atoms with E-state index in [4.69, 9.17) is 16.3 Å². The lowest BCUT2D eigenvalue weighted by Gasteiger charge is -2.09. The van der Waals surface area contributed by atoms with Gasteiger partial charge in [0.2, 0.25) is 15.9 Å². The Labute approximate surface area is 152 Å². The van der Waals surface area contributed by atoms with Gasteiger partial charge < -0.3 is 10.1 Å². The number of halogens is 1. The largest absolute Gasteiger partial charge is 0.497 e. The molecule has 0 saturated heterocycles. The lowest BCUT2D eigenvalue weighted by Crippen LogP contribution is -2.27. The molecular weight excluding hydrogens is 364 g/mol. The minimum absolute atomic E-state index is 0.000873. The van der Waals surface area contributed by atoms with Crippen LogP contribution in [0, 0.1) is 6.92 Å². The van der Waals surface area contributed by atoms with Gasteiger partial charge in [-0.05, 0) is 48.9 Å². The van der Waals surface area contributed by atoms with Crippen molar-refractivity contribution in [2.75, 3.05) is 19.0 Å². The highest BCUT2D eigenvalue weighted by Gasteiger charge is 2.14. The van der Waals surface area contributed by atoms with Crippen molar-refractivity contribution in [1.82, 2.24) is 4.72 Å². The van der Waals surface area contributed by atoms with Crippen LogP contribution in [0.1, 0.15) is 12.0 Å². The maximum absolute atomic E-state index is 12.2. The van der Waals surface area contributed by atoms with Crippen LogP contribution >= 0.6 is 11.6 Å². The summed E-state index contributed by atoms with van der Waals surface area (Å²) in [5, 5.41) is 3.23. The second-order valence-electron chi connectivity index (χ2n) is 5.34. The molecule has 0 aliphatic heterocycles. The van der Waals surface area contributed by atoms with Crippen molar-refractivity contribution in [3.63, 3.8) is 0 Å². The molecule has 0 fully saturated rings.